The van der Waals surface area contributed by atoms with Gasteiger partial charge in [0.15, 0.2) is 0 Å². The first-order chi connectivity index (χ1) is 13.6. The van der Waals surface area contributed by atoms with Gasteiger partial charge in [-0.15, -0.1) is 0 Å². The second-order valence-corrected chi connectivity index (χ2v) is 7.13. The summed E-state index contributed by atoms with van der Waals surface area (Å²) in [7, 11) is 0. The molecule has 2 amide bonds. The molecule has 1 N–H and O–H groups in total. The van der Waals surface area contributed by atoms with Crippen molar-refractivity contribution in [3.63, 3.8) is 0 Å². The molecule has 0 unspecified atom stereocenters. The Balaban J connectivity index is 1.39. The lowest BCUT2D eigenvalue weighted by Gasteiger charge is -2.36. The number of pyridine rings is 1. The van der Waals surface area contributed by atoms with E-state index in [9.17, 15) is 9.59 Å². The second kappa shape index (κ2) is 9.88. The summed E-state index contributed by atoms with van der Waals surface area (Å²) in [5, 5.41) is 2.85. The molecule has 0 saturated carbocycles. The molecule has 28 heavy (non-hydrogen) atoms. The van der Waals surface area contributed by atoms with Crippen molar-refractivity contribution in [3.8, 4) is 0 Å². The lowest BCUT2D eigenvalue weighted by atomic mass is 10.1. The van der Waals surface area contributed by atoms with Crippen LogP contribution in [0.5, 0.6) is 0 Å². The minimum atomic E-state index is -0.495. The van der Waals surface area contributed by atoms with Crippen molar-refractivity contribution in [2.75, 3.05) is 31.1 Å². The maximum atomic E-state index is 12.6. The summed E-state index contributed by atoms with van der Waals surface area (Å²) >= 11 is 0. The van der Waals surface area contributed by atoms with E-state index in [2.05, 4.69) is 27.3 Å². The van der Waals surface area contributed by atoms with Gasteiger partial charge in [-0.1, -0.05) is 36.4 Å². The number of piperazine rings is 1. The van der Waals surface area contributed by atoms with Gasteiger partial charge in [0, 0.05) is 38.8 Å². The average molecular weight is 380 g/mol. The van der Waals surface area contributed by atoms with Crippen LogP contribution in [0.3, 0.4) is 0 Å². The molecule has 1 aliphatic rings. The predicted octanol–water partition coefficient (Wildman–Crippen LogP) is 2.26. The lowest BCUT2D eigenvalue weighted by molar-refractivity contribution is -0.136. The van der Waals surface area contributed by atoms with Gasteiger partial charge in [0.1, 0.15) is 11.9 Å². The number of amides is 2. The molecule has 3 rings (SSSR count). The number of nitrogens with zero attached hydrogens (tertiary/aromatic N) is 3. The van der Waals surface area contributed by atoms with Crippen LogP contribution >= 0.6 is 0 Å². The molecule has 1 aromatic heterocycles. The van der Waals surface area contributed by atoms with Crippen molar-refractivity contribution in [1.29, 1.82) is 0 Å². The fourth-order valence-corrected chi connectivity index (χ4v) is 3.44. The molecule has 6 heteroatoms. The maximum Gasteiger partial charge on any atom is 0.244 e. The number of benzene rings is 1. The van der Waals surface area contributed by atoms with Crippen LogP contribution in [0, 0.1) is 0 Å². The van der Waals surface area contributed by atoms with Gasteiger partial charge >= 0.3 is 0 Å². The normalized spacial score (nSPS) is 15.2. The van der Waals surface area contributed by atoms with E-state index in [1.54, 1.807) is 13.1 Å². The van der Waals surface area contributed by atoms with Crippen molar-refractivity contribution in [2.45, 2.75) is 32.2 Å². The van der Waals surface area contributed by atoms with E-state index in [4.69, 9.17) is 0 Å². The summed E-state index contributed by atoms with van der Waals surface area (Å²) in [4.78, 5) is 33.2. The Hall–Kier alpha value is -2.89. The molecule has 0 aliphatic carbocycles. The minimum Gasteiger partial charge on any atom is -0.353 e. The molecule has 1 aromatic carbocycles. The summed E-state index contributed by atoms with van der Waals surface area (Å²) in [6.07, 6.45) is 3.85. The molecule has 6 nitrogen and oxygen atoms in total. The first-order valence-electron chi connectivity index (χ1n) is 9.91. The van der Waals surface area contributed by atoms with E-state index in [-0.39, 0.29) is 11.8 Å². The smallest absolute Gasteiger partial charge is 0.244 e. The molecular formula is C22H28N4O2. The van der Waals surface area contributed by atoms with Crippen molar-refractivity contribution in [1.82, 2.24) is 15.2 Å². The van der Waals surface area contributed by atoms with Crippen LogP contribution in [0.2, 0.25) is 0 Å². The highest BCUT2D eigenvalue weighted by molar-refractivity contribution is 5.87. The highest BCUT2D eigenvalue weighted by Gasteiger charge is 2.26. The van der Waals surface area contributed by atoms with Crippen molar-refractivity contribution in [2.24, 2.45) is 0 Å². The molecule has 1 aliphatic heterocycles. The van der Waals surface area contributed by atoms with E-state index in [1.165, 1.54) is 5.56 Å². The third-order valence-electron chi connectivity index (χ3n) is 5.02. The number of hydrogen-bond acceptors (Lipinski definition) is 4. The molecule has 1 fully saturated rings. The highest BCUT2D eigenvalue weighted by Crippen LogP contribution is 2.13. The summed E-state index contributed by atoms with van der Waals surface area (Å²) in [5.41, 5.74) is 1.23. The zero-order chi connectivity index (χ0) is 19.8. The molecule has 2 heterocycles. The van der Waals surface area contributed by atoms with Crippen LogP contribution in [0.4, 0.5) is 5.82 Å². The lowest BCUT2D eigenvalue weighted by Crippen LogP contribution is -2.54. The summed E-state index contributed by atoms with van der Waals surface area (Å²) < 4.78 is 0. The Morgan fingerprint density at radius 3 is 2.43 bits per heavy atom. The molecular weight excluding hydrogens is 352 g/mol. The number of nitrogens with one attached hydrogen (secondary N) is 1. The summed E-state index contributed by atoms with van der Waals surface area (Å²) in [6.45, 7) is 4.55. The van der Waals surface area contributed by atoms with Crippen molar-refractivity contribution < 1.29 is 9.59 Å². The van der Waals surface area contributed by atoms with Crippen LogP contribution in [-0.4, -0.2) is 53.9 Å². The average Bonchev–Trinajstić information content (AvgIpc) is 2.74. The standard InChI is InChI=1S/C22H28N4O2/c1-18(24-21(27)12-7-10-19-8-3-2-4-9-19)22(28)26-16-14-25(15-17-26)20-11-5-6-13-23-20/h2-6,8-9,11,13,18H,7,10,12,14-17H2,1H3,(H,24,27)/t18-/m0/s1. The Bertz CT molecular complexity index is 759. The molecule has 0 radical (unpaired) electrons. The van der Waals surface area contributed by atoms with Gasteiger partial charge < -0.3 is 15.1 Å². The fraction of sp³-hybridized carbons (Fsp3) is 0.409. The number of carbonyl (C=O) groups is 2. The van der Waals surface area contributed by atoms with Gasteiger partial charge in [0.05, 0.1) is 0 Å². The topological polar surface area (TPSA) is 65.5 Å². The van der Waals surface area contributed by atoms with Gasteiger partial charge in [-0.3, -0.25) is 9.59 Å². The quantitative estimate of drug-likeness (QED) is 0.800. The predicted molar refractivity (Wildman–Crippen MR) is 110 cm³/mol. The third-order valence-corrected chi connectivity index (χ3v) is 5.02. The van der Waals surface area contributed by atoms with Crippen LogP contribution in [-0.2, 0) is 16.0 Å². The van der Waals surface area contributed by atoms with Crippen LogP contribution in [0.1, 0.15) is 25.3 Å². The molecule has 2 aromatic rings. The maximum absolute atomic E-state index is 12.6. The Labute approximate surface area is 166 Å². The molecule has 0 spiro atoms. The molecule has 1 saturated heterocycles. The monoisotopic (exact) mass is 380 g/mol. The van der Waals surface area contributed by atoms with E-state index < -0.39 is 6.04 Å². The number of anilines is 1. The Morgan fingerprint density at radius 2 is 1.75 bits per heavy atom. The zero-order valence-corrected chi connectivity index (χ0v) is 16.4. The highest BCUT2D eigenvalue weighted by atomic mass is 16.2. The summed E-state index contributed by atoms with van der Waals surface area (Å²) in [6, 6.07) is 15.5. The third kappa shape index (κ3) is 5.55. The van der Waals surface area contributed by atoms with Gasteiger partial charge in [0.25, 0.3) is 0 Å². The van der Waals surface area contributed by atoms with Crippen molar-refractivity contribution in [3.05, 3.63) is 60.3 Å². The van der Waals surface area contributed by atoms with E-state index in [0.717, 1.165) is 31.7 Å². The van der Waals surface area contributed by atoms with E-state index >= 15 is 0 Å². The van der Waals surface area contributed by atoms with Gasteiger partial charge in [-0.25, -0.2) is 4.98 Å². The van der Waals surface area contributed by atoms with Crippen molar-refractivity contribution >= 4 is 17.6 Å². The number of aromatic nitrogens is 1. The SMILES string of the molecule is C[C@H](NC(=O)CCCc1ccccc1)C(=O)N1CCN(c2ccccn2)CC1. The van der Waals surface area contributed by atoms with Crippen LogP contribution in [0.25, 0.3) is 0 Å². The Kier molecular flexibility index (Phi) is 7.00. The first-order valence-corrected chi connectivity index (χ1v) is 9.91. The number of aryl methyl sites for hydroxylation is 1. The zero-order valence-electron chi connectivity index (χ0n) is 16.4. The fourth-order valence-electron chi connectivity index (χ4n) is 3.44. The van der Waals surface area contributed by atoms with E-state index in [0.29, 0.717) is 19.5 Å². The minimum absolute atomic E-state index is 0.0166. The van der Waals surface area contributed by atoms with E-state index in [1.807, 2.05) is 41.3 Å². The number of rotatable bonds is 7. The summed E-state index contributed by atoms with van der Waals surface area (Å²) in [5.74, 6) is 0.857. The molecule has 148 valence electrons. The number of hydrogen-bond donors (Lipinski definition) is 1. The van der Waals surface area contributed by atoms with Gasteiger partial charge in [-0.05, 0) is 37.5 Å². The number of carbonyl (C=O) groups excluding carboxylic acids is 2. The molecule has 0 bridgehead atoms. The Morgan fingerprint density at radius 1 is 1.04 bits per heavy atom. The van der Waals surface area contributed by atoms with Gasteiger partial charge in [-0.2, -0.15) is 0 Å². The largest absolute Gasteiger partial charge is 0.353 e. The van der Waals surface area contributed by atoms with Crippen LogP contribution < -0.4 is 10.2 Å². The second-order valence-electron chi connectivity index (χ2n) is 7.13. The van der Waals surface area contributed by atoms with Gasteiger partial charge in [0.2, 0.25) is 11.8 Å². The first kappa shape index (κ1) is 19.9. The molecule has 1 atom stereocenters. The van der Waals surface area contributed by atoms with Crippen LogP contribution in [0.15, 0.2) is 54.7 Å².